The highest BCUT2D eigenvalue weighted by Gasteiger charge is 2.33. The molecule has 2 aliphatic heterocycles. The lowest BCUT2D eigenvalue weighted by molar-refractivity contribution is 0.0922. The van der Waals surface area contributed by atoms with Gasteiger partial charge in [-0.1, -0.05) is 61.7 Å². The highest BCUT2D eigenvalue weighted by atomic mass is 35.5. The fourth-order valence-corrected chi connectivity index (χ4v) is 5.95. The van der Waals surface area contributed by atoms with Crippen molar-refractivity contribution < 1.29 is 4.74 Å². The van der Waals surface area contributed by atoms with E-state index >= 15 is 0 Å². The molecule has 3 aliphatic rings. The lowest BCUT2D eigenvalue weighted by atomic mass is 9.79. The van der Waals surface area contributed by atoms with Crippen LogP contribution in [-0.4, -0.2) is 18.2 Å². The predicted molar refractivity (Wildman–Crippen MR) is 125 cm³/mol. The number of halogens is 1. The molecule has 2 atom stereocenters. The Morgan fingerprint density at radius 3 is 2.53 bits per heavy atom. The van der Waals surface area contributed by atoms with E-state index in [2.05, 4.69) is 47.5 Å². The molecule has 2 aromatic carbocycles. The molecule has 2 N–H and O–H groups in total. The third kappa shape index (κ3) is 4.39. The van der Waals surface area contributed by atoms with Crippen LogP contribution >= 0.6 is 12.4 Å². The first kappa shape index (κ1) is 21.7. The molecule has 0 unspecified atom stereocenters. The van der Waals surface area contributed by atoms with Crippen molar-refractivity contribution in [2.45, 2.75) is 69.7 Å². The number of hydrazine groups is 1. The largest absolute Gasteiger partial charge is 0.493 e. The van der Waals surface area contributed by atoms with Crippen LogP contribution in [0.2, 0.25) is 0 Å². The maximum absolute atomic E-state index is 6.52. The smallest absolute Gasteiger partial charge is 0.125 e. The van der Waals surface area contributed by atoms with Crippen molar-refractivity contribution in [2.24, 2.45) is 11.8 Å². The van der Waals surface area contributed by atoms with Crippen LogP contribution in [-0.2, 0) is 12.8 Å². The van der Waals surface area contributed by atoms with Crippen molar-refractivity contribution in [2.75, 3.05) is 13.2 Å². The number of rotatable bonds is 4. The molecule has 5 rings (SSSR count). The van der Waals surface area contributed by atoms with Gasteiger partial charge in [0.2, 0.25) is 0 Å². The van der Waals surface area contributed by atoms with Gasteiger partial charge in [-0.15, -0.1) is 12.4 Å². The first-order valence-corrected chi connectivity index (χ1v) is 11.6. The second-order valence-electron chi connectivity index (χ2n) is 9.30. The predicted octanol–water partition coefficient (Wildman–Crippen LogP) is 5.96. The normalized spacial score (nSPS) is 24.7. The average Bonchev–Trinajstić information content (AvgIpc) is 3.24. The summed E-state index contributed by atoms with van der Waals surface area (Å²) in [7, 11) is 0. The van der Waals surface area contributed by atoms with Crippen molar-refractivity contribution >= 4 is 12.4 Å². The summed E-state index contributed by atoms with van der Waals surface area (Å²) in [5.41, 5.74) is 5.79. The lowest BCUT2D eigenvalue weighted by Gasteiger charge is -2.39. The first-order valence-electron chi connectivity index (χ1n) is 11.6. The maximum Gasteiger partial charge on any atom is 0.125 e. The van der Waals surface area contributed by atoms with Crippen LogP contribution in [0.4, 0.5) is 0 Å². The summed E-state index contributed by atoms with van der Waals surface area (Å²) < 4.78 is 6.14. The molecule has 0 radical (unpaired) electrons. The van der Waals surface area contributed by atoms with Crippen LogP contribution in [0.15, 0.2) is 42.5 Å². The van der Waals surface area contributed by atoms with Crippen molar-refractivity contribution in [3.05, 3.63) is 64.7 Å². The van der Waals surface area contributed by atoms with Gasteiger partial charge in [0, 0.05) is 13.0 Å². The number of hydrogen-bond acceptors (Lipinski definition) is 3. The SMILES string of the molecule is Cl.NN1CCC[C@@H](Cc2cc(C3CCCCC3)cc3c2OCC3)[C@H]1c1ccccc1. The highest BCUT2D eigenvalue weighted by molar-refractivity contribution is 5.85. The Morgan fingerprint density at radius 2 is 1.73 bits per heavy atom. The zero-order valence-corrected chi connectivity index (χ0v) is 18.7. The van der Waals surface area contributed by atoms with Gasteiger partial charge in [0.15, 0.2) is 0 Å². The molecule has 0 aromatic heterocycles. The number of hydrogen-bond donors (Lipinski definition) is 1. The minimum absolute atomic E-state index is 0. The summed E-state index contributed by atoms with van der Waals surface area (Å²) >= 11 is 0. The number of benzene rings is 2. The Kier molecular flexibility index (Phi) is 7.02. The topological polar surface area (TPSA) is 38.5 Å². The van der Waals surface area contributed by atoms with Crippen LogP contribution in [0.5, 0.6) is 5.75 Å². The van der Waals surface area contributed by atoms with Gasteiger partial charge in [0.05, 0.1) is 12.6 Å². The van der Waals surface area contributed by atoms with Crippen LogP contribution < -0.4 is 10.6 Å². The van der Waals surface area contributed by atoms with Crippen molar-refractivity contribution in [3.8, 4) is 5.75 Å². The lowest BCUT2D eigenvalue weighted by Crippen LogP contribution is -2.44. The van der Waals surface area contributed by atoms with Crippen LogP contribution in [0.3, 0.4) is 0 Å². The molecule has 1 saturated carbocycles. The van der Waals surface area contributed by atoms with Crippen molar-refractivity contribution in [3.63, 3.8) is 0 Å². The fourth-order valence-electron chi connectivity index (χ4n) is 5.95. The van der Waals surface area contributed by atoms with E-state index in [1.54, 1.807) is 5.56 Å². The molecule has 162 valence electrons. The van der Waals surface area contributed by atoms with Gasteiger partial charge in [0.1, 0.15) is 5.75 Å². The van der Waals surface area contributed by atoms with Gasteiger partial charge in [-0.3, -0.25) is 5.84 Å². The Morgan fingerprint density at radius 1 is 0.933 bits per heavy atom. The molecule has 1 saturated heterocycles. The second-order valence-corrected chi connectivity index (χ2v) is 9.30. The number of nitrogens with zero attached hydrogens (tertiary/aromatic N) is 1. The Labute approximate surface area is 187 Å². The minimum atomic E-state index is 0. The minimum Gasteiger partial charge on any atom is -0.493 e. The van der Waals surface area contributed by atoms with Crippen LogP contribution in [0, 0.1) is 5.92 Å². The molecule has 2 heterocycles. The molecular formula is C26H35ClN2O. The van der Waals surface area contributed by atoms with E-state index in [4.69, 9.17) is 10.6 Å². The monoisotopic (exact) mass is 426 g/mol. The van der Waals surface area contributed by atoms with Crippen LogP contribution in [0.1, 0.15) is 79.2 Å². The van der Waals surface area contributed by atoms with E-state index in [1.165, 1.54) is 67.4 Å². The van der Waals surface area contributed by atoms with Gasteiger partial charge >= 0.3 is 0 Å². The summed E-state index contributed by atoms with van der Waals surface area (Å²) in [6.07, 6.45) is 11.4. The highest BCUT2D eigenvalue weighted by Crippen LogP contribution is 2.42. The zero-order valence-electron chi connectivity index (χ0n) is 17.9. The second kappa shape index (κ2) is 9.72. The van der Waals surface area contributed by atoms with E-state index in [0.29, 0.717) is 12.0 Å². The summed E-state index contributed by atoms with van der Waals surface area (Å²) in [4.78, 5) is 0. The third-order valence-electron chi connectivity index (χ3n) is 7.38. The van der Waals surface area contributed by atoms with Gasteiger partial charge in [0.25, 0.3) is 0 Å². The molecule has 30 heavy (non-hydrogen) atoms. The molecule has 1 aliphatic carbocycles. The molecule has 0 bridgehead atoms. The van der Waals surface area contributed by atoms with Crippen molar-refractivity contribution in [1.29, 1.82) is 0 Å². The average molecular weight is 427 g/mol. The first-order chi connectivity index (χ1) is 14.3. The molecular weight excluding hydrogens is 392 g/mol. The quantitative estimate of drug-likeness (QED) is 0.613. The van der Waals surface area contributed by atoms with E-state index in [1.807, 2.05) is 0 Å². The summed E-state index contributed by atoms with van der Waals surface area (Å²) in [5, 5.41) is 2.08. The molecule has 0 spiro atoms. The number of fused-ring (bicyclic) bond motifs is 1. The van der Waals surface area contributed by atoms with E-state index in [0.717, 1.165) is 31.9 Å². The van der Waals surface area contributed by atoms with Gasteiger partial charge in [-0.05, 0) is 66.2 Å². The number of nitrogens with two attached hydrogens (primary N) is 1. The van der Waals surface area contributed by atoms with Gasteiger partial charge in [-0.2, -0.15) is 0 Å². The molecule has 2 aromatic rings. The van der Waals surface area contributed by atoms with E-state index in [-0.39, 0.29) is 12.4 Å². The zero-order chi connectivity index (χ0) is 19.6. The van der Waals surface area contributed by atoms with Gasteiger partial charge in [-0.25, -0.2) is 5.01 Å². The molecule has 3 nitrogen and oxygen atoms in total. The van der Waals surface area contributed by atoms with E-state index in [9.17, 15) is 0 Å². The fraction of sp³-hybridized carbons (Fsp3) is 0.538. The molecule has 2 fully saturated rings. The maximum atomic E-state index is 6.52. The summed E-state index contributed by atoms with van der Waals surface area (Å²) in [6, 6.07) is 16.1. The third-order valence-corrected chi connectivity index (χ3v) is 7.38. The Hall–Kier alpha value is -1.55. The molecule has 4 heteroatoms. The Balaban J connectivity index is 0.00000218. The summed E-state index contributed by atoms with van der Waals surface area (Å²) in [6.45, 7) is 1.82. The number of piperidine rings is 1. The van der Waals surface area contributed by atoms with E-state index < -0.39 is 0 Å². The van der Waals surface area contributed by atoms with Gasteiger partial charge < -0.3 is 4.74 Å². The Bertz CT molecular complexity index is 834. The van der Waals surface area contributed by atoms with Crippen molar-refractivity contribution in [1.82, 2.24) is 5.01 Å². The summed E-state index contributed by atoms with van der Waals surface area (Å²) in [5.74, 6) is 8.98. The number of ether oxygens (including phenoxy) is 1. The van der Waals surface area contributed by atoms with Crippen LogP contribution in [0.25, 0.3) is 0 Å². The standard InChI is InChI=1S/C26H34N2O.ClH/c27-28-14-7-12-21(25(28)20-10-5-2-6-11-20)16-24-18-23(19-8-3-1-4-9-19)17-22-13-15-29-26(22)24;/h2,5-6,10-11,17-19,21,25H,1,3-4,7-9,12-16,27H2;1H/t21-,25+;/m0./s1. The molecule has 0 amide bonds.